The fourth-order valence-corrected chi connectivity index (χ4v) is 6.20. The summed E-state index contributed by atoms with van der Waals surface area (Å²) in [7, 11) is 1.83. The first kappa shape index (κ1) is 22.9. The van der Waals surface area contributed by atoms with Gasteiger partial charge >= 0.3 is 0 Å². The molecule has 5 rings (SSSR count). The molecule has 0 radical (unpaired) electrons. The van der Waals surface area contributed by atoms with Crippen LogP contribution in [0.5, 0.6) is 0 Å². The van der Waals surface area contributed by atoms with Crippen LogP contribution in [0.15, 0.2) is 58.0 Å². The van der Waals surface area contributed by atoms with Crippen LogP contribution in [-0.4, -0.2) is 64.9 Å². The maximum atomic E-state index is 13.0. The number of piperazine rings is 1. The number of aromatic nitrogens is 2. The fraction of sp³-hybridized carbons (Fsp3) is 0.320. The third kappa shape index (κ3) is 4.56. The predicted molar refractivity (Wildman–Crippen MR) is 140 cm³/mol. The summed E-state index contributed by atoms with van der Waals surface area (Å²) in [6.07, 6.45) is 0. The summed E-state index contributed by atoms with van der Waals surface area (Å²) in [6.45, 7) is 5.80. The van der Waals surface area contributed by atoms with Crippen LogP contribution in [0.3, 0.4) is 0 Å². The maximum absolute atomic E-state index is 13.0. The lowest BCUT2D eigenvalue weighted by atomic mass is 10.2. The number of nitrogens with zero attached hydrogens (tertiary/aromatic N) is 4. The van der Waals surface area contributed by atoms with Gasteiger partial charge in [-0.05, 0) is 30.5 Å². The van der Waals surface area contributed by atoms with Crippen molar-refractivity contribution in [2.24, 2.45) is 0 Å². The zero-order chi connectivity index (χ0) is 23.7. The Labute approximate surface area is 206 Å². The number of carbonyl (C=O) groups excluding carboxylic acids is 1. The van der Waals surface area contributed by atoms with E-state index in [1.54, 1.807) is 16.2 Å². The van der Waals surface area contributed by atoms with Gasteiger partial charge in [-0.15, -0.1) is 22.7 Å². The van der Waals surface area contributed by atoms with Crippen molar-refractivity contribution >= 4 is 44.5 Å². The van der Waals surface area contributed by atoms with Gasteiger partial charge in [0.15, 0.2) is 0 Å². The van der Waals surface area contributed by atoms with Crippen molar-refractivity contribution in [2.45, 2.75) is 19.5 Å². The number of H-pyrrole nitrogens is 1. The molecule has 1 saturated heterocycles. The number of para-hydroxylation sites is 1. The second-order valence-corrected chi connectivity index (χ2v) is 10.3. The Bertz CT molecular complexity index is 1320. The van der Waals surface area contributed by atoms with Crippen molar-refractivity contribution in [3.8, 4) is 10.4 Å². The highest BCUT2D eigenvalue weighted by atomic mass is 32.1. The number of nitrogens with one attached hydrogen (secondary N) is 1. The molecular weight excluding hydrogens is 466 g/mol. The number of likely N-dealkylation sites (N-methyl/N-ethyl adjacent to an activating group) is 1. The number of hydrogen-bond donors (Lipinski definition) is 1. The molecule has 176 valence electrons. The van der Waals surface area contributed by atoms with Crippen LogP contribution in [0, 0.1) is 0 Å². The molecule has 1 amide bonds. The van der Waals surface area contributed by atoms with Gasteiger partial charge in [0.1, 0.15) is 10.7 Å². The molecule has 4 heterocycles. The number of thiophene rings is 2. The van der Waals surface area contributed by atoms with Crippen LogP contribution < -0.4 is 10.5 Å². The van der Waals surface area contributed by atoms with Crippen molar-refractivity contribution < 1.29 is 4.79 Å². The minimum absolute atomic E-state index is 0.0774. The summed E-state index contributed by atoms with van der Waals surface area (Å²) < 4.78 is 0. The number of rotatable bonds is 6. The molecule has 0 spiro atoms. The minimum Gasteiger partial charge on any atom is -0.314 e. The second kappa shape index (κ2) is 9.79. The standard InChI is InChI=1S/C25H27N5O2S2/c1-17(25(32)28(2)18-7-4-3-5-8-18)30-12-10-29(11-13-30)15-21-26-23(31)22-19(16-34-24(22)27-21)20-9-6-14-33-20/h3-9,14,16-17H,10-13,15H2,1-2H3,(H,26,27,31)/t17-/m0/s1. The predicted octanol–water partition coefficient (Wildman–Crippen LogP) is 3.88. The maximum Gasteiger partial charge on any atom is 0.260 e. The van der Waals surface area contributed by atoms with Gasteiger partial charge in [-0.3, -0.25) is 19.4 Å². The molecule has 0 unspecified atom stereocenters. The molecule has 1 N–H and O–H groups in total. The molecule has 1 aliphatic rings. The van der Waals surface area contributed by atoms with Crippen molar-refractivity contribution in [2.75, 3.05) is 38.1 Å². The van der Waals surface area contributed by atoms with Crippen molar-refractivity contribution in [1.82, 2.24) is 19.8 Å². The van der Waals surface area contributed by atoms with E-state index < -0.39 is 0 Å². The number of benzene rings is 1. The number of carbonyl (C=O) groups is 1. The van der Waals surface area contributed by atoms with Crippen molar-refractivity contribution in [3.05, 3.63) is 69.4 Å². The van der Waals surface area contributed by atoms with Crippen LogP contribution in [0.2, 0.25) is 0 Å². The normalized spacial score (nSPS) is 16.1. The summed E-state index contributed by atoms with van der Waals surface area (Å²) in [4.78, 5) is 41.7. The Kier molecular flexibility index (Phi) is 6.60. The van der Waals surface area contributed by atoms with Gasteiger partial charge in [0.05, 0.1) is 18.0 Å². The van der Waals surface area contributed by atoms with E-state index >= 15 is 0 Å². The van der Waals surface area contributed by atoms with Crippen LogP contribution >= 0.6 is 22.7 Å². The van der Waals surface area contributed by atoms with Gasteiger partial charge < -0.3 is 9.88 Å². The van der Waals surface area contributed by atoms with E-state index in [9.17, 15) is 9.59 Å². The summed E-state index contributed by atoms with van der Waals surface area (Å²) in [5.74, 6) is 0.786. The molecule has 9 heteroatoms. The van der Waals surface area contributed by atoms with Gasteiger partial charge in [0.2, 0.25) is 5.91 Å². The van der Waals surface area contributed by atoms with Crippen molar-refractivity contribution in [1.29, 1.82) is 0 Å². The van der Waals surface area contributed by atoms with E-state index in [0.717, 1.165) is 47.1 Å². The molecule has 4 aromatic rings. The number of hydrogen-bond acceptors (Lipinski definition) is 7. The smallest absolute Gasteiger partial charge is 0.260 e. The molecule has 7 nitrogen and oxygen atoms in total. The average Bonchev–Trinajstić information content (AvgIpc) is 3.54. The lowest BCUT2D eigenvalue weighted by molar-refractivity contribution is -0.123. The largest absolute Gasteiger partial charge is 0.314 e. The highest BCUT2D eigenvalue weighted by molar-refractivity contribution is 7.18. The van der Waals surface area contributed by atoms with E-state index in [4.69, 9.17) is 4.98 Å². The van der Waals surface area contributed by atoms with E-state index in [1.165, 1.54) is 11.3 Å². The molecule has 0 aliphatic carbocycles. The molecule has 1 aliphatic heterocycles. The highest BCUT2D eigenvalue weighted by Gasteiger charge is 2.28. The fourth-order valence-electron chi connectivity index (χ4n) is 4.42. The Hall–Kier alpha value is -2.85. The summed E-state index contributed by atoms with van der Waals surface area (Å²) in [6, 6.07) is 13.6. The SMILES string of the molecule is C[C@@H](C(=O)N(C)c1ccccc1)N1CCN(Cc2nc3scc(-c4cccs4)c3c(=O)[nH]2)CC1. The zero-order valence-corrected chi connectivity index (χ0v) is 20.9. The monoisotopic (exact) mass is 493 g/mol. The summed E-state index contributed by atoms with van der Waals surface area (Å²) in [5.41, 5.74) is 1.79. The molecular formula is C25H27N5O2S2. The summed E-state index contributed by atoms with van der Waals surface area (Å²) >= 11 is 3.15. The summed E-state index contributed by atoms with van der Waals surface area (Å²) in [5, 5.41) is 4.71. The molecule has 34 heavy (non-hydrogen) atoms. The van der Waals surface area contributed by atoms with Crippen LogP contribution in [-0.2, 0) is 11.3 Å². The van der Waals surface area contributed by atoms with Crippen LogP contribution in [0.4, 0.5) is 5.69 Å². The number of aromatic amines is 1. The van der Waals surface area contributed by atoms with E-state index in [0.29, 0.717) is 17.8 Å². The minimum atomic E-state index is -0.191. The van der Waals surface area contributed by atoms with E-state index in [2.05, 4.69) is 14.8 Å². The third-order valence-electron chi connectivity index (χ3n) is 6.44. The first-order valence-corrected chi connectivity index (χ1v) is 13.1. The Morgan fingerprint density at radius 3 is 2.59 bits per heavy atom. The number of anilines is 1. The van der Waals surface area contributed by atoms with Gasteiger partial charge in [-0.1, -0.05) is 24.3 Å². The Balaban J connectivity index is 1.22. The molecule has 1 atom stereocenters. The molecule has 0 saturated carbocycles. The Morgan fingerprint density at radius 1 is 1.12 bits per heavy atom. The molecule has 3 aromatic heterocycles. The third-order valence-corrected chi connectivity index (χ3v) is 8.21. The van der Waals surface area contributed by atoms with E-state index in [-0.39, 0.29) is 17.5 Å². The Morgan fingerprint density at radius 2 is 1.88 bits per heavy atom. The van der Waals surface area contributed by atoms with Crippen LogP contribution in [0.25, 0.3) is 20.7 Å². The number of fused-ring (bicyclic) bond motifs is 1. The lowest BCUT2D eigenvalue weighted by Crippen LogP contribution is -2.54. The highest BCUT2D eigenvalue weighted by Crippen LogP contribution is 2.33. The van der Waals surface area contributed by atoms with Crippen LogP contribution in [0.1, 0.15) is 12.7 Å². The van der Waals surface area contributed by atoms with E-state index in [1.807, 2.05) is 67.2 Å². The first-order chi connectivity index (χ1) is 16.5. The molecule has 1 fully saturated rings. The van der Waals surface area contributed by atoms with Gasteiger partial charge in [0, 0.05) is 54.7 Å². The first-order valence-electron chi connectivity index (χ1n) is 11.3. The van der Waals surface area contributed by atoms with Gasteiger partial charge in [-0.25, -0.2) is 4.98 Å². The lowest BCUT2D eigenvalue weighted by Gasteiger charge is -2.38. The van der Waals surface area contributed by atoms with Gasteiger partial charge in [-0.2, -0.15) is 0 Å². The second-order valence-electron chi connectivity index (χ2n) is 8.54. The van der Waals surface area contributed by atoms with Gasteiger partial charge in [0.25, 0.3) is 5.56 Å². The number of amides is 1. The molecule has 0 bridgehead atoms. The topological polar surface area (TPSA) is 72.5 Å². The quantitative estimate of drug-likeness (QED) is 0.441. The average molecular weight is 494 g/mol. The zero-order valence-electron chi connectivity index (χ0n) is 19.2. The van der Waals surface area contributed by atoms with Crippen molar-refractivity contribution in [3.63, 3.8) is 0 Å². The molecule has 1 aromatic carbocycles.